The molecule has 1 aromatic heterocycles. The third-order valence-electron chi connectivity index (χ3n) is 6.31. The zero-order valence-corrected chi connectivity index (χ0v) is 15.5. The summed E-state index contributed by atoms with van der Waals surface area (Å²) in [5.74, 6) is 1.63. The van der Waals surface area contributed by atoms with Gasteiger partial charge in [0.1, 0.15) is 5.76 Å². The van der Waals surface area contributed by atoms with E-state index in [1.807, 2.05) is 11.0 Å². The summed E-state index contributed by atoms with van der Waals surface area (Å²) in [6, 6.07) is 2.02. The van der Waals surface area contributed by atoms with E-state index >= 15 is 0 Å². The van der Waals surface area contributed by atoms with Gasteiger partial charge in [0.2, 0.25) is 0 Å². The molecule has 0 aromatic carbocycles. The third kappa shape index (κ3) is 3.49. The van der Waals surface area contributed by atoms with E-state index in [2.05, 4.69) is 17.1 Å². The SMILES string of the molecule is CCc1oc(C(=O)N2CC[C@@]3(CCCNC3)C2)cc1CN1CCCC1. The molecule has 1 amide bonds. The van der Waals surface area contributed by atoms with Gasteiger partial charge in [0.15, 0.2) is 5.76 Å². The second-order valence-electron chi connectivity index (χ2n) is 8.15. The fourth-order valence-corrected chi connectivity index (χ4v) is 4.83. The van der Waals surface area contributed by atoms with Gasteiger partial charge in [0, 0.05) is 43.6 Å². The zero-order valence-electron chi connectivity index (χ0n) is 15.5. The highest BCUT2D eigenvalue weighted by atomic mass is 16.4. The maximum atomic E-state index is 13.0. The molecule has 5 nitrogen and oxygen atoms in total. The Morgan fingerprint density at radius 1 is 1.24 bits per heavy atom. The monoisotopic (exact) mass is 345 g/mol. The van der Waals surface area contributed by atoms with Crippen LogP contribution in [0, 0.1) is 5.41 Å². The van der Waals surface area contributed by atoms with E-state index in [0.717, 1.165) is 51.3 Å². The summed E-state index contributed by atoms with van der Waals surface area (Å²) >= 11 is 0. The lowest BCUT2D eigenvalue weighted by Crippen LogP contribution is -2.42. The Bertz CT molecular complexity index is 612. The number of nitrogens with zero attached hydrogens (tertiary/aromatic N) is 2. The van der Waals surface area contributed by atoms with Crippen molar-refractivity contribution >= 4 is 5.91 Å². The maximum Gasteiger partial charge on any atom is 0.289 e. The number of aryl methyl sites for hydroxylation is 1. The van der Waals surface area contributed by atoms with Crippen molar-refractivity contribution in [2.75, 3.05) is 39.3 Å². The second kappa shape index (κ2) is 7.12. The molecular formula is C20H31N3O2. The van der Waals surface area contributed by atoms with Gasteiger partial charge in [-0.3, -0.25) is 9.69 Å². The van der Waals surface area contributed by atoms with E-state index in [0.29, 0.717) is 11.2 Å². The molecule has 3 aliphatic heterocycles. The zero-order chi connectivity index (χ0) is 17.3. The number of hydrogen-bond donors (Lipinski definition) is 1. The van der Waals surface area contributed by atoms with Gasteiger partial charge < -0.3 is 14.6 Å². The van der Waals surface area contributed by atoms with Crippen molar-refractivity contribution in [3.8, 4) is 0 Å². The molecule has 4 heterocycles. The molecule has 1 spiro atoms. The minimum Gasteiger partial charge on any atom is -0.456 e. The summed E-state index contributed by atoms with van der Waals surface area (Å²) in [6.07, 6.45) is 7.01. The van der Waals surface area contributed by atoms with Crippen LogP contribution in [0.2, 0.25) is 0 Å². The first-order valence-corrected chi connectivity index (χ1v) is 10.0. The number of piperidine rings is 1. The third-order valence-corrected chi connectivity index (χ3v) is 6.31. The largest absolute Gasteiger partial charge is 0.456 e. The Hall–Kier alpha value is -1.33. The summed E-state index contributed by atoms with van der Waals surface area (Å²) in [6.45, 7) is 9.28. The number of hydrogen-bond acceptors (Lipinski definition) is 4. The summed E-state index contributed by atoms with van der Waals surface area (Å²) in [5, 5.41) is 3.51. The van der Waals surface area contributed by atoms with Crippen molar-refractivity contribution in [2.45, 2.75) is 52.0 Å². The van der Waals surface area contributed by atoms with Crippen LogP contribution in [-0.2, 0) is 13.0 Å². The molecule has 0 saturated carbocycles. The fourth-order valence-electron chi connectivity index (χ4n) is 4.83. The lowest BCUT2D eigenvalue weighted by molar-refractivity contribution is 0.0731. The van der Waals surface area contributed by atoms with Gasteiger partial charge in [-0.1, -0.05) is 6.92 Å². The number of amides is 1. The smallest absolute Gasteiger partial charge is 0.289 e. The number of carbonyl (C=O) groups is 1. The van der Waals surface area contributed by atoms with Gasteiger partial charge in [0.25, 0.3) is 5.91 Å². The first-order valence-electron chi connectivity index (χ1n) is 10.0. The minimum absolute atomic E-state index is 0.0878. The maximum absolute atomic E-state index is 13.0. The van der Waals surface area contributed by atoms with Crippen LogP contribution in [-0.4, -0.2) is 55.0 Å². The van der Waals surface area contributed by atoms with Crippen molar-refractivity contribution in [1.82, 2.24) is 15.1 Å². The molecular weight excluding hydrogens is 314 g/mol. The Kier molecular flexibility index (Phi) is 4.87. The molecule has 0 radical (unpaired) electrons. The molecule has 25 heavy (non-hydrogen) atoms. The number of nitrogens with one attached hydrogen (secondary N) is 1. The number of rotatable bonds is 4. The fraction of sp³-hybridized carbons (Fsp3) is 0.750. The van der Waals surface area contributed by atoms with Crippen LogP contribution in [0.3, 0.4) is 0 Å². The van der Waals surface area contributed by atoms with E-state index in [1.165, 1.54) is 44.3 Å². The Morgan fingerprint density at radius 2 is 2.08 bits per heavy atom. The van der Waals surface area contributed by atoms with Crippen LogP contribution in [0.25, 0.3) is 0 Å². The molecule has 1 atom stereocenters. The molecule has 3 fully saturated rings. The Labute approximate surface area is 150 Å². The molecule has 0 aliphatic carbocycles. The molecule has 0 unspecified atom stereocenters. The lowest BCUT2D eigenvalue weighted by Gasteiger charge is -2.33. The molecule has 3 saturated heterocycles. The van der Waals surface area contributed by atoms with Crippen molar-refractivity contribution in [1.29, 1.82) is 0 Å². The van der Waals surface area contributed by atoms with Crippen molar-refractivity contribution in [3.05, 3.63) is 23.2 Å². The average Bonchev–Trinajstić information content (AvgIpc) is 3.36. The highest BCUT2D eigenvalue weighted by molar-refractivity contribution is 5.92. The number of furan rings is 1. The summed E-state index contributed by atoms with van der Waals surface area (Å²) in [7, 11) is 0. The summed E-state index contributed by atoms with van der Waals surface area (Å²) in [4.78, 5) is 17.5. The van der Waals surface area contributed by atoms with Crippen molar-refractivity contribution < 1.29 is 9.21 Å². The topological polar surface area (TPSA) is 48.7 Å². The Morgan fingerprint density at radius 3 is 2.80 bits per heavy atom. The van der Waals surface area contributed by atoms with E-state index in [-0.39, 0.29) is 5.91 Å². The van der Waals surface area contributed by atoms with Crippen molar-refractivity contribution in [3.63, 3.8) is 0 Å². The molecule has 1 aromatic rings. The molecule has 138 valence electrons. The first kappa shape index (κ1) is 17.1. The van der Waals surface area contributed by atoms with Gasteiger partial charge in [-0.2, -0.15) is 0 Å². The molecule has 3 aliphatic rings. The molecule has 0 bridgehead atoms. The van der Waals surface area contributed by atoms with Crippen LogP contribution in [0.1, 0.15) is 60.9 Å². The highest BCUT2D eigenvalue weighted by Crippen LogP contribution is 2.37. The predicted octanol–water partition coefficient (Wildman–Crippen LogP) is 2.65. The van der Waals surface area contributed by atoms with Crippen LogP contribution >= 0.6 is 0 Å². The lowest BCUT2D eigenvalue weighted by atomic mass is 9.80. The average molecular weight is 345 g/mol. The van der Waals surface area contributed by atoms with Crippen LogP contribution in [0.15, 0.2) is 10.5 Å². The number of likely N-dealkylation sites (tertiary alicyclic amines) is 2. The van der Waals surface area contributed by atoms with Gasteiger partial charge in [-0.25, -0.2) is 0 Å². The Balaban J connectivity index is 1.45. The minimum atomic E-state index is 0.0878. The normalized spacial score (nSPS) is 27.5. The molecule has 1 N–H and O–H groups in total. The van der Waals surface area contributed by atoms with E-state index in [4.69, 9.17) is 4.42 Å². The molecule has 4 rings (SSSR count). The van der Waals surface area contributed by atoms with E-state index < -0.39 is 0 Å². The highest BCUT2D eigenvalue weighted by Gasteiger charge is 2.41. The second-order valence-corrected chi connectivity index (χ2v) is 8.15. The standard InChI is InChI=1S/C20H31N3O2/c1-2-17-16(13-22-9-3-4-10-22)12-18(25-17)19(24)23-11-7-20(15-23)6-5-8-21-14-20/h12,21H,2-11,13-15H2,1H3/t20-/m1/s1. The summed E-state index contributed by atoms with van der Waals surface area (Å²) < 4.78 is 5.99. The molecule has 5 heteroatoms. The summed E-state index contributed by atoms with van der Waals surface area (Å²) in [5.41, 5.74) is 1.51. The quantitative estimate of drug-likeness (QED) is 0.911. The van der Waals surface area contributed by atoms with E-state index in [1.54, 1.807) is 0 Å². The number of carbonyl (C=O) groups excluding carboxylic acids is 1. The van der Waals surface area contributed by atoms with E-state index in [9.17, 15) is 4.79 Å². The van der Waals surface area contributed by atoms with Gasteiger partial charge in [-0.05, 0) is 57.8 Å². The predicted molar refractivity (Wildman–Crippen MR) is 97.7 cm³/mol. The van der Waals surface area contributed by atoms with Gasteiger partial charge >= 0.3 is 0 Å². The first-order chi connectivity index (χ1) is 12.2. The van der Waals surface area contributed by atoms with Crippen LogP contribution in [0.5, 0.6) is 0 Å². The van der Waals surface area contributed by atoms with Crippen molar-refractivity contribution in [2.24, 2.45) is 5.41 Å². The van der Waals surface area contributed by atoms with Gasteiger partial charge in [-0.15, -0.1) is 0 Å². The van der Waals surface area contributed by atoms with Crippen LogP contribution < -0.4 is 5.32 Å². The van der Waals surface area contributed by atoms with Gasteiger partial charge in [0.05, 0.1) is 0 Å². The van der Waals surface area contributed by atoms with Crippen LogP contribution in [0.4, 0.5) is 0 Å².